The Kier molecular flexibility index (Phi) is 2.68. The van der Waals surface area contributed by atoms with Crippen molar-refractivity contribution in [2.24, 2.45) is 5.41 Å². The highest BCUT2D eigenvalue weighted by Gasteiger charge is 2.51. The number of rotatable bonds is 3. The Hall–Kier alpha value is -1.42. The van der Waals surface area contributed by atoms with Gasteiger partial charge in [-0.25, -0.2) is 4.39 Å². The quantitative estimate of drug-likeness (QED) is 0.844. The van der Waals surface area contributed by atoms with E-state index in [0.717, 1.165) is 0 Å². The minimum absolute atomic E-state index is 0.162. The van der Waals surface area contributed by atoms with E-state index < -0.39 is 11.2 Å². The molecule has 0 radical (unpaired) electrons. The van der Waals surface area contributed by atoms with Crippen LogP contribution in [0.5, 0.6) is 0 Å². The number of aliphatic hydroxyl groups excluding tert-OH is 1. The molecule has 1 aliphatic carbocycles. The average Bonchev–Trinajstić information content (AvgIpc) is 3.09. The van der Waals surface area contributed by atoms with Crippen LogP contribution in [0.15, 0.2) is 24.3 Å². The summed E-state index contributed by atoms with van der Waals surface area (Å²) in [5.74, 6) is -0.632. The summed E-state index contributed by atoms with van der Waals surface area (Å²) < 4.78 is 13.5. The van der Waals surface area contributed by atoms with Crippen LogP contribution in [0.3, 0.4) is 0 Å². The molecule has 0 atom stereocenters. The topological polar surface area (TPSA) is 40.5 Å². The summed E-state index contributed by atoms with van der Waals surface area (Å²) in [6.45, 7) is -0.162. The number of carbonyl (C=O) groups excluding carboxylic acids is 1. The molecule has 0 heterocycles. The van der Waals surface area contributed by atoms with Gasteiger partial charge in [-0.05, 0) is 25.0 Å². The van der Waals surface area contributed by atoms with Crippen molar-refractivity contribution in [3.05, 3.63) is 30.1 Å². The number of aliphatic hydroxyl groups is 1. The van der Waals surface area contributed by atoms with Gasteiger partial charge in [-0.1, -0.05) is 12.1 Å². The standard InChI is InChI=1S/C12H14FNO2/c1-14(10-5-3-2-4-9(10)13)11(16)12(8-15)6-7-12/h2-5,15H,6-8H2,1H3. The number of anilines is 1. The molecule has 0 bridgehead atoms. The van der Waals surface area contributed by atoms with Crippen molar-refractivity contribution >= 4 is 11.6 Å². The summed E-state index contributed by atoms with van der Waals surface area (Å²) in [6.07, 6.45) is 1.36. The molecule has 0 spiro atoms. The largest absolute Gasteiger partial charge is 0.395 e. The number of hydrogen-bond donors (Lipinski definition) is 1. The zero-order valence-corrected chi connectivity index (χ0v) is 9.11. The molecule has 1 N–H and O–H groups in total. The summed E-state index contributed by atoms with van der Waals surface area (Å²) in [5, 5.41) is 9.15. The van der Waals surface area contributed by atoms with Crippen LogP contribution in [0, 0.1) is 11.2 Å². The lowest BCUT2D eigenvalue weighted by atomic mass is 10.1. The average molecular weight is 223 g/mol. The molecule has 0 saturated heterocycles. The molecule has 1 aromatic rings. The van der Waals surface area contributed by atoms with E-state index in [1.807, 2.05) is 0 Å². The highest BCUT2D eigenvalue weighted by Crippen LogP contribution is 2.47. The smallest absolute Gasteiger partial charge is 0.235 e. The van der Waals surface area contributed by atoms with E-state index in [1.54, 1.807) is 18.2 Å². The van der Waals surface area contributed by atoms with Gasteiger partial charge in [-0.15, -0.1) is 0 Å². The van der Waals surface area contributed by atoms with Crippen molar-refractivity contribution in [2.45, 2.75) is 12.8 Å². The molecule has 1 aromatic carbocycles. The monoisotopic (exact) mass is 223 g/mol. The number of nitrogens with zero attached hydrogens (tertiary/aromatic N) is 1. The van der Waals surface area contributed by atoms with Gasteiger partial charge in [0.25, 0.3) is 0 Å². The highest BCUT2D eigenvalue weighted by atomic mass is 19.1. The summed E-state index contributed by atoms with van der Waals surface area (Å²) in [6, 6.07) is 6.13. The van der Waals surface area contributed by atoms with Crippen LogP contribution in [0.25, 0.3) is 0 Å². The minimum Gasteiger partial charge on any atom is -0.395 e. The number of hydrogen-bond acceptors (Lipinski definition) is 2. The molecule has 1 amide bonds. The maximum Gasteiger partial charge on any atom is 0.235 e. The SMILES string of the molecule is CN(C(=O)C1(CO)CC1)c1ccccc1F. The Balaban J connectivity index is 2.23. The van der Waals surface area contributed by atoms with Gasteiger partial charge in [0.05, 0.1) is 17.7 Å². The van der Waals surface area contributed by atoms with Crippen LogP contribution in [0.1, 0.15) is 12.8 Å². The van der Waals surface area contributed by atoms with Crippen LogP contribution >= 0.6 is 0 Å². The lowest BCUT2D eigenvalue weighted by Gasteiger charge is -2.22. The van der Waals surface area contributed by atoms with Crippen LogP contribution in [0.4, 0.5) is 10.1 Å². The molecule has 0 aromatic heterocycles. The van der Waals surface area contributed by atoms with Crippen molar-refractivity contribution in [1.82, 2.24) is 0 Å². The fraction of sp³-hybridized carbons (Fsp3) is 0.417. The zero-order chi connectivity index (χ0) is 11.8. The lowest BCUT2D eigenvalue weighted by molar-refractivity contribution is -0.124. The fourth-order valence-corrected chi connectivity index (χ4v) is 1.78. The predicted molar refractivity (Wildman–Crippen MR) is 58.6 cm³/mol. The maximum absolute atomic E-state index is 13.5. The van der Waals surface area contributed by atoms with Crippen molar-refractivity contribution in [3.63, 3.8) is 0 Å². The van der Waals surface area contributed by atoms with Crippen molar-refractivity contribution in [1.29, 1.82) is 0 Å². The van der Waals surface area contributed by atoms with Gasteiger partial charge < -0.3 is 10.0 Å². The Labute approximate surface area is 93.5 Å². The van der Waals surface area contributed by atoms with Crippen molar-refractivity contribution < 1.29 is 14.3 Å². The molecule has 86 valence electrons. The van der Waals surface area contributed by atoms with Crippen LogP contribution < -0.4 is 4.90 Å². The number of halogens is 1. The number of para-hydroxylation sites is 1. The second-order valence-corrected chi connectivity index (χ2v) is 4.25. The summed E-state index contributed by atoms with van der Waals surface area (Å²) >= 11 is 0. The van der Waals surface area contributed by atoms with E-state index in [9.17, 15) is 9.18 Å². The van der Waals surface area contributed by atoms with E-state index in [0.29, 0.717) is 12.8 Å². The lowest BCUT2D eigenvalue weighted by Crippen LogP contribution is -2.36. The summed E-state index contributed by atoms with van der Waals surface area (Å²) in [4.78, 5) is 13.3. The molecule has 16 heavy (non-hydrogen) atoms. The van der Waals surface area contributed by atoms with Crippen LogP contribution in [-0.2, 0) is 4.79 Å². The third kappa shape index (κ3) is 1.69. The van der Waals surface area contributed by atoms with Gasteiger partial charge in [0, 0.05) is 7.05 Å². The molecule has 2 rings (SSSR count). The van der Waals surface area contributed by atoms with Gasteiger partial charge in [-0.3, -0.25) is 4.79 Å². The van der Waals surface area contributed by atoms with E-state index in [2.05, 4.69) is 0 Å². The molecule has 3 nitrogen and oxygen atoms in total. The summed E-state index contributed by atoms with van der Waals surface area (Å²) in [7, 11) is 1.54. The first-order valence-electron chi connectivity index (χ1n) is 5.24. The predicted octanol–water partition coefficient (Wildman–Crippen LogP) is 1.56. The number of carbonyl (C=O) groups is 1. The van der Waals surface area contributed by atoms with Crippen molar-refractivity contribution in [3.8, 4) is 0 Å². The Morgan fingerprint density at radius 1 is 1.50 bits per heavy atom. The molecule has 1 aliphatic rings. The van der Waals surface area contributed by atoms with Gasteiger partial charge >= 0.3 is 0 Å². The first-order valence-corrected chi connectivity index (χ1v) is 5.24. The molecule has 1 saturated carbocycles. The fourth-order valence-electron chi connectivity index (χ4n) is 1.78. The first kappa shape index (κ1) is 11.1. The second-order valence-electron chi connectivity index (χ2n) is 4.25. The second kappa shape index (κ2) is 3.87. The third-order valence-electron chi connectivity index (χ3n) is 3.13. The van der Waals surface area contributed by atoms with Gasteiger partial charge in [0.1, 0.15) is 5.82 Å². The molecule has 4 heteroatoms. The van der Waals surface area contributed by atoms with E-state index in [4.69, 9.17) is 5.11 Å². The van der Waals surface area contributed by atoms with Crippen LogP contribution in [0.2, 0.25) is 0 Å². The summed E-state index contributed by atoms with van der Waals surface area (Å²) in [5.41, 5.74) is -0.399. The van der Waals surface area contributed by atoms with Crippen molar-refractivity contribution in [2.75, 3.05) is 18.6 Å². The Morgan fingerprint density at radius 3 is 2.62 bits per heavy atom. The normalized spacial score (nSPS) is 16.9. The molecular formula is C12H14FNO2. The first-order chi connectivity index (χ1) is 7.60. The van der Waals surface area contributed by atoms with E-state index in [-0.39, 0.29) is 18.2 Å². The van der Waals surface area contributed by atoms with E-state index >= 15 is 0 Å². The maximum atomic E-state index is 13.5. The Morgan fingerprint density at radius 2 is 2.12 bits per heavy atom. The number of amides is 1. The van der Waals surface area contributed by atoms with Gasteiger partial charge in [-0.2, -0.15) is 0 Å². The molecule has 0 aliphatic heterocycles. The Bertz CT molecular complexity index is 415. The molecule has 1 fully saturated rings. The number of benzene rings is 1. The van der Waals surface area contributed by atoms with Crippen LogP contribution in [-0.4, -0.2) is 24.7 Å². The van der Waals surface area contributed by atoms with Gasteiger partial charge in [0.15, 0.2) is 0 Å². The highest BCUT2D eigenvalue weighted by molar-refractivity contribution is 5.99. The molecular weight excluding hydrogens is 209 g/mol. The van der Waals surface area contributed by atoms with E-state index in [1.165, 1.54) is 18.0 Å². The molecule has 0 unspecified atom stereocenters. The van der Waals surface area contributed by atoms with Gasteiger partial charge in [0.2, 0.25) is 5.91 Å². The third-order valence-corrected chi connectivity index (χ3v) is 3.13. The minimum atomic E-state index is -0.656. The zero-order valence-electron chi connectivity index (χ0n) is 9.11.